The highest BCUT2D eigenvalue weighted by atomic mass is 32.2. The lowest BCUT2D eigenvalue weighted by atomic mass is 9.99. The average Bonchev–Trinajstić information content (AvgIpc) is 2.99. The fraction of sp³-hybridized carbons (Fsp3) is 0.333. The zero-order valence-corrected chi connectivity index (χ0v) is 25.1. The largest absolute Gasteiger partial charge is 0.497 e. The minimum Gasteiger partial charge on any atom is -0.497 e. The molecule has 0 aliphatic carbocycles. The van der Waals surface area contributed by atoms with Crippen LogP contribution in [0.4, 0.5) is 20.6 Å². The van der Waals surface area contributed by atoms with Crippen molar-refractivity contribution in [2.75, 3.05) is 43.9 Å². The van der Waals surface area contributed by atoms with Gasteiger partial charge in [0.15, 0.2) is 5.75 Å². The van der Waals surface area contributed by atoms with E-state index in [1.807, 2.05) is 6.92 Å². The normalized spacial score (nSPS) is 17.5. The number of carbonyl (C=O) groups excluding carboxylic acids is 2. The first-order valence-corrected chi connectivity index (χ1v) is 15.1. The Hall–Kier alpha value is -4.36. The second-order valence-electron chi connectivity index (χ2n) is 10.4. The fourth-order valence-electron chi connectivity index (χ4n) is 4.61. The maximum absolute atomic E-state index is 13.7. The van der Waals surface area contributed by atoms with Crippen molar-refractivity contribution < 1.29 is 37.0 Å². The quantitative estimate of drug-likeness (QED) is 0.331. The van der Waals surface area contributed by atoms with Crippen molar-refractivity contribution in [1.29, 1.82) is 0 Å². The lowest BCUT2D eigenvalue weighted by molar-refractivity contribution is 0.0373. The van der Waals surface area contributed by atoms with Crippen LogP contribution in [0.3, 0.4) is 0 Å². The molecule has 0 unspecified atom stereocenters. The molecule has 0 saturated carbocycles. The van der Waals surface area contributed by atoms with Crippen molar-refractivity contribution >= 4 is 33.3 Å². The van der Waals surface area contributed by atoms with E-state index in [1.54, 1.807) is 14.0 Å². The Morgan fingerprint density at radius 2 is 1.84 bits per heavy atom. The van der Waals surface area contributed by atoms with E-state index >= 15 is 0 Å². The Morgan fingerprint density at radius 1 is 1.16 bits per heavy atom. The number of urea groups is 1. The number of sulfonamides is 1. The summed E-state index contributed by atoms with van der Waals surface area (Å²) >= 11 is 0. The van der Waals surface area contributed by atoms with Gasteiger partial charge in [-0.15, -0.1) is 0 Å². The molecule has 3 aromatic rings. The number of benzene rings is 3. The molecule has 13 heteroatoms. The highest BCUT2D eigenvalue weighted by Gasteiger charge is 2.35. The van der Waals surface area contributed by atoms with Crippen LogP contribution in [0.25, 0.3) is 0 Å². The Balaban J connectivity index is 1.68. The van der Waals surface area contributed by atoms with Crippen LogP contribution in [0.2, 0.25) is 0 Å². The van der Waals surface area contributed by atoms with E-state index in [4.69, 9.17) is 9.47 Å². The van der Waals surface area contributed by atoms with Gasteiger partial charge in [-0.05, 0) is 67.6 Å². The molecule has 43 heavy (non-hydrogen) atoms. The van der Waals surface area contributed by atoms with Crippen LogP contribution in [0.5, 0.6) is 11.5 Å². The van der Waals surface area contributed by atoms with E-state index in [2.05, 4.69) is 10.0 Å². The van der Waals surface area contributed by atoms with Gasteiger partial charge in [-0.25, -0.2) is 17.6 Å². The van der Waals surface area contributed by atoms with Gasteiger partial charge in [0.05, 0.1) is 42.4 Å². The zero-order valence-electron chi connectivity index (χ0n) is 24.3. The third-order valence-electron chi connectivity index (χ3n) is 7.20. The van der Waals surface area contributed by atoms with Crippen molar-refractivity contribution in [3.05, 3.63) is 78.1 Å². The molecule has 3 atom stereocenters. The summed E-state index contributed by atoms with van der Waals surface area (Å²) in [5.74, 6) is -0.728. The first-order chi connectivity index (χ1) is 20.4. The summed E-state index contributed by atoms with van der Waals surface area (Å²) in [6.45, 7) is 3.53. The average molecular weight is 615 g/mol. The van der Waals surface area contributed by atoms with Gasteiger partial charge in [0.2, 0.25) is 0 Å². The summed E-state index contributed by atoms with van der Waals surface area (Å²) in [7, 11) is -1.07. The molecule has 4 rings (SSSR count). The van der Waals surface area contributed by atoms with E-state index in [9.17, 15) is 27.5 Å². The second kappa shape index (κ2) is 13.3. The predicted molar refractivity (Wildman–Crippen MR) is 159 cm³/mol. The molecule has 1 heterocycles. The smallest absolute Gasteiger partial charge is 0.321 e. The molecule has 1 aliphatic heterocycles. The number of para-hydroxylation sites is 1. The van der Waals surface area contributed by atoms with Crippen LogP contribution in [0.1, 0.15) is 24.2 Å². The van der Waals surface area contributed by atoms with Crippen molar-refractivity contribution in [2.45, 2.75) is 30.9 Å². The SMILES string of the molecule is COc1ccc(S(=O)(=O)Nc2cccc3c2O[C@H](CN(C)C(=O)Nc2ccc(F)cc2)[C@H](C)CN([C@H](C)CO)C3=O)cc1. The van der Waals surface area contributed by atoms with E-state index in [-0.39, 0.29) is 47.5 Å². The molecular formula is C30H35FN4O7S. The summed E-state index contributed by atoms with van der Waals surface area (Å²) in [5.41, 5.74) is 0.542. The second-order valence-corrected chi connectivity index (χ2v) is 12.1. The molecule has 1 aliphatic rings. The highest BCUT2D eigenvalue weighted by molar-refractivity contribution is 7.92. The van der Waals surface area contributed by atoms with Crippen LogP contribution in [-0.4, -0.2) is 81.3 Å². The van der Waals surface area contributed by atoms with Gasteiger partial charge in [-0.1, -0.05) is 13.0 Å². The summed E-state index contributed by atoms with van der Waals surface area (Å²) in [6, 6.07) is 14.7. The first-order valence-electron chi connectivity index (χ1n) is 13.6. The van der Waals surface area contributed by atoms with Crippen molar-refractivity contribution in [3.8, 4) is 11.5 Å². The summed E-state index contributed by atoms with van der Waals surface area (Å²) in [4.78, 5) is 29.5. The minimum absolute atomic E-state index is 0.00335. The number of hydrogen-bond acceptors (Lipinski definition) is 7. The molecule has 3 amide bonds. The van der Waals surface area contributed by atoms with Gasteiger partial charge < -0.3 is 29.7 Å². The zero-order chi connectivity index (χ0) is 31.3. The van der Waals surface area contributed by atoms with Gasteiger partial charge in [0.1, 0.15) is 17.7 Å². The van der Waals surface area contributed by atoms with Crippen LogP contribution >= 0.6 is 0 Å². The number of nitrogens with one attached hydrogen (secondary N) is 2. The van der Waals surface area contributed by atoms with Gasteiger partial charge in [-0.3, -0.25) is 9.52 Å². The number of amides is 3. The first kappa shape index (κ1) is 31.6. The number of anilines is 2. The number of ether oxygens (including phenoxy) is 2. The topological polar surface area (TPSA) is 138 Å². The van der Waals surface area contributed by atoms with Crippen molar-refractivity contribution in [2.24, 2.45) is 5.92 Å². The van der Waals surface area contributed by atoms with E-state index in [0.717, 1.165) is 0 Å². The monoisotopic (exact) mass is 614 g/mol. The number of rotatable bonds is 9. The number of aliphatic hydroxyl groups is 1. The molecule has 3 N–H and O–H groups in total. The number of aliphatic hydroxyl groups excluding tert-OH is 1. The molecule has 0 bridgehead atoms. The third-order valence-corrected chi connectivity index (χ3v) is 8.58. The molecule has 0 spiro atoms. The Bertz CT molecular complexity index is 1550. The van der Waals surface area contributed by atoms with Crippen LogP contribution < -0.4 is 19.5 Å². The summed E-state index contributed by atoms with van der Waals surface area (Å²) in [6.07, 6.45) is -0.698. The minimum atomic E-state index is -4.10. The van der Waals surface area contributed by atoms with Gasteiger partial charge >= 0.3 is 6.03 Å². The number of nitrogens with zero attached hydrogens (tertiary/aromatic N) is 2. The van der Waals surface area contributed by atoms with E-state index < -0.39 is 39.9 Å². The maximum Gasteiger partial charge on any atom is 0.321 e. The fourth-order valence-corrected chi connectivity index (χ4v) is 5.67. The van der Waals surface area contributed by atoms with Crippen molar-refractivity contribution in [3.63, 3.8) is 0 Å². The lowest BCUT2D eigenvalue weighted by Crippen LogP contribution is -2.50. The van der Waals surface area contributed by atoms with Crippen LogP contribution in [0, 0.1) is 11.7 Å². The number of halogens is 1. The van der Waals surface area contributed by atoms with Gasteiger partial charge in [0, 0.05) is 25.2 Å². The number of carbonyl (C=O) groups is 2. The predicted octanol–water partition coefficient (Wildman–Crippen LogP) is 4.02. The van der Waals surface area contributed by atoms with Crippen LogP contribution in [-0.2, 0) is 10.0 Å². The Morgan fingerprint density at radius 3 is 2.47 bits per heavy atom. The summed E-state index contributed by atoms with van der Waals surface area (Å²) < 4.78 is 54.0. The Kier molecular flexibility index (Phi) is 9.77. The number of likely N-dealkylation sites (N-methyl/N-ethyl adjacent to an activating group) is 1. The van der Waals surface area contributed by atoms with E-state index in [1.165, 1.54) is 83.6 Å². The molecule has 11 nitrogen and oxygen atoms in total. The third kappa shape index (κ3) is 7.35. The maximum atomic E-state index is 13.7. The highest BCUT2D eigenvalue weighted by Crippen LogP contribution is 2.36. The molecule has 0 saturated heterocycles. The number of hydrogen-bond donors (Lipinski definition) is 3. The number of methoxy groups -OCH3 is 1. The van der Waals surface area contributed by atoms with Gasteiger partial charge in [-0.2, -0.15) is 0 Å². The number of fused-ring (bicyclic) bond motifs is 1. The standard InChI is InChI=1S/C30H35FN4O7S/c1-19-16-35(20(2)18-36)29(37)25-6-5-7-26(33-43(39,40)24-14-12-23(41-4)13-15-24)28(25)42-27(19)17-34(3)30(38)32-22-10-8-21(31)9-11-22/h5-15,19-20,27,33,36H,16-18H2,1-4H3,(H,32,38)/t19-,20-,27-/m1/s1. The summed E-state index contributed by atoms with van der Waals surface area (Å²) in [5, 5.41) is 12.6. The lowest BCUT2D eigenvalue weighted by Gasteiger charge is -2.38. The van der Waals surface area contributed by atoms with Crippen molar-refractivity contribution in [1.82, 2.24) is 9.80 Å². The molecule has 230 valence electrons. The molecule has 0 radical (unpaired) electrons. The van der Waals surface area contributed by atoms with E-state index in [0.29, 0.717) is 11.4 Å². The molecule has 3 aromatic carbocycles. The van der Waals surface area contributed by atoms with Gasteiger partial charge in [0.25, 0.3) is 15.9 Å². The molecular weight excluding hydrogens is 579 g/mol. The molecule has 0 aromatic heterocycles. The van der Waals surface area contributed by atoms with Crippen LogP contribution in [0.15, 0.2) is 71.6 Å². The Labute approximate surface area is 250 Å². The molecule has 0 fully saturated rings.